The third-order valence-corrected chi connectivity index (χ3v) is 0.871. The van der Waals surface area contributed by atoms with E-state index in [2.05, 4.69) is 9.68 Å². The minimum absolute atomic E-state index is 0.505. The number of nitrogens with zero attached hydrogens (tertiary/aromatic N) is 2. The number of nitriles is 1. The van der Waals surface area contributed by atoms with Crippen molar-refractivity contribution in [3.05, 3.63) is 17.5 Å². The second-order valence-electron chi connectivity index (χ2n) is 1.41. The first-order chi connectivity index (χ1) is 3.84. The summed E-state index contributed by atoms with van der Waals surface area (Å²) in [6.07, 6.45) is 1.40. The molecule has 0 aliphatic rings. The summed E-state index contributed by atoms with van der Waals surface area (Å²) in [5, 5.41) is 11.7. The summed E-state index contributed by atoms with van der Waals surface area (Å²) < 4.78 is 4.58. The van der Waals surface area contributed by atoms with Crippen molar-refractivity contribution in [2.75, 3.05) is 0 Å². The standard InChI is InChI=1S/C5H4N2O/c1-4-5(2-6)3-7-8-4/h3H,1H3. The Labute approximate surface area is 46.5 Å². The summed E-state index contributed by atoms with van der Waals surface area (Å²) in [6, 6.07) is 1.92. The lowest BCUT2D eigenvalue weighted by Gasteiger charge is -1.73. The third kappa shape index (κ3) is 0.562. The fourth-order valence-corrected chi connectivity index (χ4v) is 0.406. The lowest BCUT2D eigenvalue weighted by Crippen LogP contribution is -1.67. The van der Waals surface area contributed by atoms with E-state index >= 15 is 0 Å². The van der Waals surface area contributed by atoms with Gasteiger partial charge in [-0.25, -0.2) is 0 Å². The zero-order chi connectivity index (χ0) is 5.98. The summed E-state index contributed by atoms with van der Waals surface area (Å²) in [4.78, 5) is 0. The topological polar surface area (TPSA) is 49.8 Å². The lowest BCUT2D eigenvalue weighted by atomic mass is 10.3. The van der Waals surface area contributed by atoms with Crippen molar-refractivity contribution in [2.24, 2.45) is 0 Å². The summed E-state index contributed by atoms with van der Waals surface area (Å²) in [5.41, 5.74) is 0.505. The molecule has 8 heavy (non-hydrogen) atoms. The maximum atomic E-state index is 8.26. The highest BCUT2D eigenvalue weighted by Crippen LogP contribution is 2.01. The molecule has 0 aliphatic carbocycles. The minimum Gasteiger partial charge on any atom is -0.360 e. The summed E-state index contributed by atoms with van der Waals surface area (Å²) in [6.45, 7) is 1.70. The lowest BCUT2D eigenvalue weighted by molar-refractivity contribution is 0.397. The van der Waals surface area contributed by atoms with Crippen molar-refractivity contribution in [3.8, 4) is 6.07 Å². The van der Waals surface area contributed by atoms with E-state index in [1.54, 1.807) is 6.92 Å². The highest BCUT2D eigenvalue weighted by Gasteiger charge is 1.97. The quantitative estimate of drug-likeness (QED) is 0.495. The molecule has 0 unspecified atom stereocenters. The molecule has 0 saturated carbocycles. The Kier molecular flexibility index (Phi) is 1.01. The van der Waals surface area contributed by atoms with Crippen molar-refractivity contribution < 1.29 is 4.52 Å². The molecule has 1 rings (SSSR count). The molecule has 40 valence electrons. The molecule has 0 radical (unpaired) electrons. The van der Waals surface area contributed by atoms with Gasteiger partial charge in [0.15, 0.2) is 5.76 Å². The van der Waals surface area contributed by atoms with E-state index in [0.717, 1.165) is 0 Å². The van der Waals surface area contributed by atoms with Gasteiger partial charge in [-0.05, 0) is 6.92 Å². The van der Waals surface area contributed by atoms with Gasteiger partial charge in [-0.3, -0.25) is 0 Å². The van der Waals surface area contributed by atoms with Crippen molar-refractivity contribution in [2.45, 2.75) is 6.92 Å². The predicted molar refractivity (Wildman–Crippen MR) is 26.0 cm³/mol. The van der Waals surface area contributed by atoms with Gasteiger partial charge in [0.25, 0.3) is 0 Å². The van der Waals surface area contributed by atoms with Crippen LogP contribution in [-0.4, -0.2) is 5.16 Å². The molecule has 0 bridgehead atoms. The second-order valence-corrected chi connectivity index (χ2v) is 1.41. The van der Waals surface area contributed by atoms with Gasteiger partial charge >= 0.3 is 0 Å². The van der Waals surface area contributed by atoms with Crippen LogP contribution < -0.4 is 0 Å². The van der Waals surface area contributed by atoms with Crippen molar-refractivity contribution in [1.29, 1.82) is 5.26 Å². The summed E-state index contributed by atoms with van der Waals surface area (Å²) >= 11 is 0. The molecule has 1 aromatic rings. The molecule has 1 aromatic heterocycles. The van der Waals surface area contributed by atoms with E-state index < -0.39 is 0 Å². The minimum atomic E-state index is 0.505. The van der Waals surface area contributed by atoms with Crippen molar-refractivity contribution >= 4 is 0 Å². The van der Waals surface area contributed by atoms with Gasteiger partial charge in [0.05, 0.1) is 6.20 Å². The first kappa shape index (κ1) is 4.85. The highest BCUT2D eigenvalue weighted by atomic mass is 16.5. The number of hydrogen-bond acceptors (Lipinski definition) is 3. The molecule has 0 aliphatic heterocycles. The Hall–Kier alpha value is -1.30. The van der Waals surface area contributed by atoms with Gasteiger partial charge in [0.1, 0.15) is 11.6 Å². The van der Waals surface area contributed by atoms with Crippen LogP contribution in [0, 0.1) is 18.3 Å². The normalized spacial score (nSPS) is 8.50. The smallest absolute Gasteiger partial charge is 0.151 e. The molecular formula is C5H4N2O. The van der Waals surface area contributed by atoms with E-state index in [9.17, 15) is 0 Å². The Morgan fingerprint density at radius 1 is 1.88 bits per heavy atom. The van der Waals surface area contributed by atoms with E-state index in [0.29, 0.717) is 11.3 Å². The molecule has 3 nitrogen and oxygen atoms in total. The van der Waals surface area contributed by atoms with Crippen LogP contribution in [0.1, 0.15) is 11.3 Å². The Balaban J connectivity index is 3.15. The zero-order valence-electron chi connectivity index (χ0n) is 4.38. The molecule has 0 atom stereocenters. The largest absolute Gasteiger partial charge is 0.360 e. The van der Waals surface area contributed by atoms with Crippen LogP contribution in [0.4, 0.5) is 0 Å². The van der Waals surface area contributed by atoms with Crippen LogP contribution in [-0.2, 0) is 0 Å². The van der Waals surface area contributed by atoms with Crippen LogP contribution in [0.25, 0.3) is 0 Å². The van der Waals surface area contributed by atoms with Crippen LogP contribution in [0.2, 0.25) is 0 Å². The average Bonchev–Trinajstić information content (AvgIpc) is 2.14. The third-order valence-electron chi connectivity index (χ3n) is 0.871. The molecule has 0 N–H and O–H groups in total. The van der Waals surface area contributed by atoms with Gasteiger partial charge in [0.2, 0.25) is 0 Å². The predicted octanol–water partition coefficient (Wildman–Crippen LogP) is 0.855. The van der Waals surface area contributed by atoms with Gasteiger partial charge in [-0.2, -0.15) is 5.26 Å². The summed E-state index contributed by atoms with van der Waals surface area (Å²) in [7, 11) is 0. The van der Waals surface area contributed by atoms with Crippen molar-refractivity contribution in [1.82, 2.24) is 5.16 Å². The van der Waals surface area contributed by atoms with Gasteiger partial charge in [0, 0.05) is 0 Å². The van der Waals surface area contributed by atoms with Crippen LogP contribution in [0.15, 0.2) is 10.7 Å². The fourth-order valence-electron chi connectivity index (χ4n) is 0.406. The second kappa shape index (κ2) is 1.66. The Morgan fingerprint density at radius 3 is 2.88 bits per heavy atom. The molecule has 0 aromatic carbocycles. The molecule has 3 heteroatoms. The molecule has 0 spiro atoms. The van der Waals surface area contributed by atoms with Crippen LogP contribution in [0.3, 0.4) is 0 Å². The fraction of sp³-hybridized carbons (Fsp3) is 0.200. The van der Waals surface area contributed by atoms with Gasteiger partial charge in [-0.1, -0.05) is 5.16 Å². The highest BCUT2D eigenvalue weighted by molar-refractivity contribution is 5.26. The first-order valence-corrected chi connectivity index (χ1v) is 2.16. The zero-order valence-corrected chi connectivity index (χ0v) is 4.38. The van der Waals surface area contributed by atoms with Crippen molar-refractivity contribution in [3.63, 3.8) is 0 Å². The van der Waals surface area contributed by atoms with E-state index in [-0.39, 0.29) is 0 Å². The van der Waals surface area contributed by atoms with E-state index in [4.69, 9.17) is 5.26 Å². The number of rotatable bonds is 0. The molecule has 0 amide bonds. The first-order valence-electron chi connectivity index (χ1n) is 2.16. The summed E-state index contributed by atoms with van der Waals surface area (Å²) in [5.74, 6) is 0.576. The monoisotopic (exact) mass is 108 g/mol. The maximum absolute atomic E-state index is 8.26. The van der Waals surface area contributed by atoms with Crippen LogP contribution in [0.5, 0.6) is 0 Å². The van der Waals surface area contributed by atoms with E-state index in [1.807, 2.05) is 6.07 Å². The molecule has 1 heterocycles. The number of hydrogen-bond donors (Lipinski definition) is 0. The van der Waals surface area contributed by atoms with Gasteiger partial charge in [-0.15, -0.1) is 0 Å². The van der Waals surface area contributed by atoms with E-state index in [1.165, 1.54) is 6.20 Å². The average molecular weight is 108 g/mol. The Morgan fingerprint density at radius 2 is 2.62 bits per heavy atom. The Bertz CT molecular complexity index is 221. The van der Waals surface area contributed by atoms with Crippen LogP contribution >= 0.6 is 0 Å². The number of aryl methyl sites for hydroxylation is 1. The molecular weight excluding hydrogens is 104 g/mol. The molecule has 0 fully saturated rings. The number of aromatic nitrogens is 1. The maximum Gasteiger partial charge on any atom is 0.151 e. The SMILES string of the molecule is Cc1oncc1C#N. The van der Waals surface area contributed by atoms with Gasteiger partial charge < -0.3 is 4.52 Å². The molecule has 0 saturated heterocycles.